The molecule has 0 bridgehead atoms. The third kappa shape index (κ3) is 3.56. The van der Waals surface area contributed by atoms with Crippen molar-refractivity contribution >= 4 is 5.82 Å². The van der Waals surface area contributed by atoms with Crippen molar-refractivity contribution in [1.29, 1.82) is 0 Å². The van der Waals surface area contributed by atoms with Gasteiger partial charge in [0.15, 0.2) is 0 Å². The fourth-order valence-corrected chi connectivity index (χ4v) is 2.64. The van der Waals surface area contributed by atoms with E-state index in [2.05, 4.69) is 19.8 Å². The lowest BCUT2D eigenvalue weighted by molar-refractivity contribution is 0.109. The number of aliphatic hydroxyl groups is 1. The standard InChI is InChI=1S/C16H20N4O/c21-15(14-4-7-17-8-5-14)13-19-9-11-20(12-10-19)16-3-1-2-6-18-16/h1-8,15,21H,9-13H2. The summed E-state index contributed by atoms with van der Waals surface area (Å²) in [5, 5.41) is 10.3. The Labute approximate surface area is 124 Å². The van der Waals surface area contributed by atoms with E-state index in [0.717, 1.165) is 37.6 Å². The number of nitrogens with zero attached hydrogens (tertiary/aromatic N) is 4. The number of aliphatic hydroxyl groups excluding tert-OH is 1. The number of β-amino-alcohol motifs (C(OH)–C–C–N with tert-alkyl or cyclic N) is 1. The van der Waals surface area contributed by atoms with Gasteiger partial charge in [0.25, 0.3) is 0 Å². The Morgan fingerprint density at radius 3 is 2.43 bits per heavy atom. The Kier molecular flexibility index (Phi) is 4.43. The topological polar surface area (TPSA) is 52.5 Å². The fraction of sp³-hybridized carbons (Fsp3) is 0.375. The van der Waals surface area contributed by atoms with E-state index in [1.165, 1.54) is 0 Å². The number of aromatic nitrogens is 2. The minimum absolute atomic E-state index is 0.450. The van der Waals surface area contributed by atoms with Gasteiger partial charge in [0.05, 0.1) is 6.10 Å². The van der Waals surface area contributed by atoms with Crippen molar-refractivity contribution < 1.29 is 5.11 Å². The van der Waals surface area contributed by atoms with Crippen LogP contribution in [0, 0.1) is 0 Å². The van der Waals surface area contributed by atoms with E-state index in [4.69, 9.17) is 0 Å². The van der Waals surface area contributed by atoms with Gasteiger partial charge in [-0.3, -0.25) is 9.88 Å². The summed E-state index contributed by atoms with van der Waals surface area (Å²) in [6.45, 7) is 4.44. The van der Waals surface area contributed by atoms with E-state index in [1.54, 1.807) is 12.4 Å². The summed E-state index contributed by atoms with van der Waals surface area (Å²) in [5.41, 5.74) is 0.928. The molecule has 1 aliphatic rings. The number of hydrogen-bond acceptors (Lipinski definition) is 5. The lowest BCUT2D eigenvalue weighted by Crippen LogP contribution is -2.47. The van der Waals surface area contributed by atoms with E-state index >= 15 is 0 Å². The van der Waals surface area contributed by atoms with Gasteiger partial charge in [0, 0.05) is 51.3 Å². The molecule has 1 atom stereocenters. The van der Waals surface area contributed by atoms with Crippen LogP contribution in [0.4, 0.5) is 5.82 Å². The molecule has 3 rings (SSSR count). The lowest BCUT2D eigenvalue weighted by Gasteiger charge is -2.36. The average Bonchev–Trinajstić information content (AvgIpc) is 2.57. The molecule has 0 aliphatic carbocycles. The largest absolute Gasteiger partial charge is 0.387 e. The summed E-state index contributed by atoms with van der Waals surface area (Å²) in [5.74, 6) is 1.03. The summed E-state index contributed by atoms with van der Waals surface area (Å²) >= 11 is 0. The van der Waals surface area contributed by atoms with Gasteiger partial charge in [0.2, 0.25) is 0 Å². The molecule has 1 N–H and O–H groups in total. The maximum atomic E-state index is 10.3. The van der Waals surface area contributed by atoms with Crippen LogP contribution in [0.15, 0.2) is 48.9 Å². The van der Waals surface area contributed by atoms with Crippen molar-refractivity contribution in [3.05, 3.63) is 54.5 Å². The van der Waals surface area contributed by atoms with Crippen LogP contribution < -0.4 is 4.90 Å². The summed E-state index contributed by atoms with van der Waals surface area (Å²) in [4.78, 5) is 13.0. The van der Waals surface area contributed by atoms with Gasteiger partial charge in [-0.15, -0.1) is 0 Å². The van der Waals surface area contributed by atoms with E-state index in [0.29, 0.717) is 6.54 Å². The molecule has 1 aliphatic heterocycles. The van der Waals surface area contributed by atoms with Gasteiger partial charge in [-0.05, 0) is 29.8 Å². The van der Waals surface area contributed by atoms with Crippen molar-refractivity contribution in [2.75, 3.05) is 37.6 Å². The maximum Gasteiger partial charge on any atom is 0.128 e. The van der Waals surface area contributed by atoms with Crippen LogP contribution in [0.1, 0.15) is 11.7 Å². The van der Waals surface area contributed by atoms with Crippen LogP contribution in [0.2, 0.25) is 0 Å². The molecule has 1 unspecified atom stereocenters. The Bertz CT molecular complexity index is 541. The Morgan fingerprint density at radius 2 is 1.76 bits per heavy atom. The first-order valence-electron chi connectivity index (χ1n) is 7.29. The molecule has 21 heavy (non-hydrogen) atoms. The second kappa shape index (κ2) is 6.65. The Morgan fingerprint density at radius 1 is 1.00 bits per heavy atom. The van der Waals surface area contributed by atoms with Crippen LogP contribution in [-0.4, -0.2) is 52.7 Å². The third-order valence-electron chi connectivity index (χ3n) is 3.87. The van der Waals surface area contributed by atoms with Crippen molar-refractivity contribution in [3.8, 4) is 0 Å². The highest BCUT2D eigenvalue weighted by Crippen LogP contribution is 2.16. The van der Waals surface area contributed by atoms with E-state index in [1.807, 2.05) is 36.5 Å². The predicted molar refractivity (Wildman–Crippen MR) is 82.1 cm³/mol. The molecule has 0 aromatic carbocycles. The van der Waals surface area contributed by atoms with E-state index in [-0.39, 0.29) is 0 Å². The quantitative estimate of drug-likeness (QED) is 0.918. The molecule has 1 saturated heterocycles. The number of hydrogen-bond donors (Lipinski definition) is 1. The smallest absolute Gasteiger partial charge is 0.128 e. The Hall–Kier alpha value is -1.98. The number of pyridine rings is 2. The minimum atomic E-state index is -0.450. The molecule has 5 heteroatoms. The zero-order valence-corrected chi connectivity index (χ0v) is 12.0. The molecule has 0 amide bonds. The van der Waals surface area contributed by atoms with Gasteiger partial charge in [0.1, 0.15) is 5.82 Å². The number of anilines is 1. The number of piperazine rings is 1. The summed E-state index contributed by atoms with van der Waals surface area (Å²) in [6, 6.07) is 9.73. The van der Waals surface area contributed by atoms with Gasteiger partial charge in [-0.1, -0.05) is 6.07 Å². The first kappa shape index (κ1) is 14.0. The molecule has 110 valence electrons. The van der Waals surface area contributed by atoms with Crippen molar-refractivity contribution in [2.24, 2.45) is 0 Å². The van der Waals surface area contributed by atoms with Crippen molar-refractivity contribution in [2.45, 2.75) is 6.10 Å². The highest BCUT2D eigenvalue weighted by atomic mass is 16.3. The predicted octanol–water partition coefficient (Wildman–Crippen LogP) is 1.33. The second-order valence-corrected chi connectivity index (χ2v) is 5.27. The van der Waals surface area contributed by atoms with Gasteiger partial charge in [-0.25, -0.2) is 4.98 Å². The van der Waals surface area contributed by atoms with Crippen LogP contribution in [0.3, 0.4) is 0 Å². The van der Waals surface area contributed by atoms with Gasteiger partial charge < -0.3 is 10.0 Å². The zero-order valence-electron chi connectivity index (χ0n) is 12.0. The molecule has 0 spiro atoms. The second-order valence-electron chi connectivity index (χ2n) is 5.27. The van der Waals surface area contributed by atoms with Gasteiger partial charge in [-0.2, -0.15) is 0 Å². The third-order valence-corrected chi connectivity index (χ3v) is 3.87. The summed E-state index contributed by atoms with van der Waals surface area (Å²) in [7, 11) is 0. The minimum Gasteiger partial charge on any atom is -0.387 e. The molecule has 0 radical (unpaired) electrons. The molecular weight excluding hydrogens is 264 g/mol. The van der Waals surface area contributed by atoms with Crippen molar-refractivity contribution in [3.63, 3.8) is 0 Å². The molecule has 2 aromatic heterocycles. The Balaban J connectivity index is 1.52. The zero-order chi connectivity index (χ0) is 14.5. The molecule has 1 fully saturated rings. The monoisotopic (exact) mass is 284 g/mol. The fourth-order valence-electron chi connectivity index (χ4n) is 2.64. The normalized spacial score (nSPS) is 17.7. The highest BCUT2D eigenvalue weighted by Gasteiger charge is 2.20. The molecular formula is C16H20N4O. The highest BCUT2D eigenvalue weighted by molar-refractivity contribution is 5.38. The molecule has 5 nitrogen and oxygen atoms in total. The summed E-state index contributed by atoms with van der Waals surface area (Å²) in [6.07, 6.45) is 4.82. The molecule has 2 aromatic rings. The van der Waals surface area contributed by atoms with Crippen LogP contribution in [0.5, 0.6) is 0 Å². The average molecular weight is 284 g/mol. The van der Waals surface area contributed by atoms with E-state index < -0.39 is 6.10 Å². The van der Waals surface area contributed by atoms with Gasteiger partial charge >= 0.3 is 0 Å². The lowest BCUT2D eigenvalue weighted by atomic mass is 10.1. The van der Waals surface area contributed by atoms with Crippen LogP contribution in [-0.2, 0) is 0 Å². The van der Waals surface area contributed by atoms with Crippen LogP contribution in [0.25, 0.3) is 0 Å². The molecule has 0 saturated carbocycles. The maximum absolute atomic E-state index is 10.3. The molecule has 3 heterocycles. The first-order chi connectivity index (χ1) is 10.3. The SMILES string of the molecule is OC(CN1CCN(c2ccccn2)CC1)c1ccncc1. The summed E-state index contributed by atoms with van der Waals surface area (Å²) < 4.78 is 0. The van der Waals surface area contributed by atoms with Crippen molar-refractivity contribution in [1.82, 2.24) is 14.9 Å². The van der Waals surface area contributed by atoms with E-state index in [9.17, 15) is 5.11 Å². The number of rotatable bonds is 4. The van der Waals surface area contributed by atoms with Crippen LogP contribution >= 0.6 is 0 Å². The first-order valence-corrected chi connectivity index (χ1v) is 7.29.